The normalized spacial score (nSPS) is 30.2. The summed E-state index contributed by atoms with van der Waals surface area (Å²) in [7, 11) is 1.43. The van der Waals surface area contributed by atoms with Crippen LogP contribution in [0.4, 0.5) is 0 Å². The number of rotatable bonds is 2. The number of hydrogen-bond donors (Lipinski definition) is 0. The van der Waals surface area contributed by atoms with E-state index in [1.165, 1.54) is 7.11 Å². The first-order valence-electron chi connectivity index (χ1n) is 6.17. The van der Waals surface area contributed by atoms with Gasteiger partial charge in [0.1, 0.15) is 6.61 Å². The van der Waals surface area contributed by atoms with Gasteiger partial charge in [0.15, 0.2) is 0 Å². The van der Waals surface area contributed by atoms with Crippen LogP contribution in [0.15, 0.2) is 0 Å². The number of carbonyl (C=O) groups excluding carboxylic acids is 2. The Bertz CT molecular complexity index is 297. The van der Waals surface area contributed by atoms with E-state index < -0.39 is 0 Å². The highest BCUT2D eigenvalue weighted by molar-refractivity contribution is 5.78. The summed E-state index contributed by atoms with van der Waals surface area (Å²) in [4.78, 5) is 25.0. The summed E-state index contributed by atoms with van der Waals surface area (Å²) in [5.41, 5.74) is 0. The van der Waals surface area contributed by atoms with Gasteiger partial charge in [-0.05, 0) is 25.7 Å². The second kappa shape index (κ2) is 5.49. The van der Waals surface area contributed by atoms with Gasteiger partial charge in [0.25, 0.3) is 0 Å². The molecule has 2 aliphatic rings. The lowest BCUT2D eigenvalue weighted by molar-refractivity contribution is -0.149. The molecular formula is C12H19NO4. The fraction of sp³-hybridized carbons (Fsp3) is 0.833. The Labute approximate surface area is 101 Å². The average molecular weight is 241 g/mol. The zero-order chi connectivity index (χ0) is 12.3. The van der Waals surface area contributed by atoms with E-state index in [1.807, 2.05) is 4.90 Å². The van der Waals surface area contributed by atoms with Gasteiger partial charge in [-0.1, -0.05) is 0 Å². The van der Waals surface area contributed by atoms with Gasteiger partial charge in [0.05, 0.1) is 19.6 Å². The molecule has 17 heavy (non-hydrogen) atoms. The summed E-state index contributed by atoms with van der Waals surface area (Å²) in [5, 5.41) is 0. The van der Waals surface area contributed by atoms with Gasteiger partial charge in [-0.25, -0.2) is 0 Å². The van der Waals surface area contributed by atoms with Crippen LogP contribution in [0.1, 0.15) is 25.7 Å². The van der Waals surface area contributed by atoms with Gasteiger partial charge < -0.3 is 14.4 Å². The third kappa shape index (κ3) is 2.77. The maximum Gasteiger partial charge on any atom is 0.308 e. The first-order chi connectivity index (χ1) is 8.22. The lowest BCUT2D eigenvalue weighted by Crippen LogP contribution is -2.49. The molecule has 1 aliphatic carbocycles. The largest absolute Gasteiger partial charge is 0.469 e. The fourth-order valence-corrected chi connectivity index (χ4v) is 2.71. The Morgan fingerprint density at radius 2 is 2.06 bits per heavy atom. The SMILES string of the molecule is COC(=O)[C@H]1CC[C@H](N2CCOCC2=O)CC1. The van der Waals surface area contributed by atoms with Crippen LogP contribution in [-0.2, 0) is 19.1 Å². The standard InChI is InChI=1S/C12H19NO4/c1-16-12(15)9-2-4-10(5-3-9)13-6-7-17-8-11(13)14/h9-10H,2-8H2,1H3/t9-,10-. The van der Waals surface area contributed by atoms with Crippen molar-refractivity contribution in [2.45, 2.75) is 31.7 Å². The second-order valence-corrected chi connectivity index (χ2v) is 4.67. The molecule has 1 amide bonds. The minimum absolute atomic E-state index is 0.0207. The summed E-state index contributed by atoms with van der Waals surface area (Å²) in [6.45, 7) is 1.52. The number of amides is 1. The Hall–Kier alpha value is -1.10. The molecule has 2 fully saturated rings. The lowest BCUT2D eigenvalue weighted by Gasteiger charge is -2.38. The highest BCUT2D eigenvalue weighted by atomic mass is 16.5. The van der Waals surface area contributed by atoms with Crippen LogP contribution < -0.4 is 0 Å². The van der Waals surface area contributed by atoms with Crippen LogP contribution in [-0.4, -0.2) is 49.7 Å². The topological polar surface area (TPSA) is 55.8 Å². The molecule has 0 spiro atoms. The highest BCUT2D eigenvalue weighted by Gasteiger charge is 2.32. The van der Waals surface area contributed by atoms with Crippen LogP contribution in [0.3, 0.4) is 0 Å². The third-order valence-corrected chi connectivity index (χ3v) is 3.69. The van der Waals surface area contributed by atoms with Gasteiger partial charge in [0.2, 0.25) is 5.91 Å². The molecule has 0 N–H and O–H groups in total. The van der Waals surface area contributed by atoms with Crippen molar-refractivity contribution in [3.05, 3.63) is 0 Å². The van der Waals surface area contributed by atoms with Crippen molar-refractivity contribution in [1.29, 1.82) is 0 Å². The molecule has 0 unspecified atom stereocenters. The van der Waals surface area contributed by atoms with E-state index in [9.17, 15) is 9.59 Å². The van der Waals surface area contributed by atoms with E-state index in [2.05, 4.69) is 0 Å². The molecule has 0 aromatic carbocycles. The van der Waals surface area contributed by atoms with Crippen LogP contribution in [0.2, 0.25) is 0 Å². The van der Waals surface area contributed by atoms with Gasteiger partial charge >= 0.3 is 5.97 Å². The maximum absolute atomic E-state index is 11.7. The van der Waals surface area contributed by atoms with Gasteiger partial charge in [-0.15, -0.1) is 0 Å². The first kappa shape index (κ1) is 12.4. The van der Waals surface area contributed by atoms with Gasteiger partial charge in [-0.2, -0.15) is 0 Å². The molecule has 1 heterocycles. The van der Waals surface area contributed by atoms with Crippen molar-refractivity contribution in [3.63, 3.8) is 0 Å². The van der Waals surface area contributed by atoms with Crippen molar-refractivity contribution in [2.75, 3.05) is 26.9 Å². The number of carbonyl (C=O) groups is 2. The minimum atomic E-state index is -0.114. The molecule has 1 saturated carbocycles. The first-order valence-corrected chi connectivity index (χ1v) is 6.17. The summed E-state index contributed by atoms with van der Waals surface area (Å²) >= 11 is 0. The molecule has 0 aromatic rings. The number of ether oxygens (including phenoxy) is 2. The van der Waals surface area contributed by atoms with Crippen molar-refractivity contribution in [3.8, 4) is 0 Å². The molecule has 1 aliphatic heterocycles. The number of esters is 1. The van der Waals surface area contributed by atoms with Crippen LogP contribution >= 0.6 is 0 Å². The Kier molecular flexibility index (Phi) is 3.99. The van der Waals surface area contributed by atoms with Crippen LogP contribution in [0.25, 0.3) is 0 Å². The molecule has 0 aromatic heterocycles. The molecule has 2 rings (SSSR count). The Morgan fingerprint density at radius 1 is 1.35 bits per heavy atom. The van der Waals surface area contributed by atoms with Gasteiger partial charge in [-0.3, -0.25) is 9.59 Å². The molecule has 96 valence electrons. The Balaban J connectivity index is 1.86. The summed E-state index contributed by atoms with van der Waals surface area (Å²) in [6, 6.07) is 0.285. The third-order valence-electron chi connectivity index (χ3n) is 3.69. The number of morpholine rings is 1. The zero-order valence-electron chi connectivity index (χ0n) is 10.2. The maximum atomic E-state index is 11.7. The van der Waals surface area contributed by atoms with E-state index in [1.54, 1.807) is 0 Å². The summed E-state index contributed by atoms with van der Waals surface area (Å²) in [5.74, 6) is -0.0121. The van der Waals surface area contributed by atoms with Crippen molar-refractivity contribution >= 4 is 11.9 Å². The quantitative estimate of drug-likeness (QED) is 0.663. The van der Waals surface area contributed by atoms with E-state index >= 15 is 0 Å². The predicted molar refractivity (Wildman–Crippen MR) is 60.3 cm³/mol. The Morgan fingerprint density at radius 3 is 2.65 bits per heavy atom. The monoisotopic (exact) mass is 241 g/mol. The summed E-state index contributed by atoms with van der Waals surface area (Å²) in [6.07, 6.45) is 3.43. The number of methoxy groups -OCH3 is 1. The van der Waals surface area contributed by atoms with Crippen LogP contribution in [0.5, 0.6) is 0 Å². The number of nitrogens with zero attached hydrogens (tertiary/aromatic N) is 1. The van der Waals surface area contributed by atoms with E-state index in [4.69, 9.17) is 9.47 Å². The zero-order valence-corrected chi connectivity index (χ0v) is 10.2. The number of hydrogen-bond acceptors (Lipinski definition) is 4. The molecule has 0 bridgehead atoms. The van der Waals surface area contributed by atoms with Crippen LogP contribution in [0, 0.1) is 5.92 Å². The molecular weight excluding hydrogens is 222 g/mol. The van der Waals surface area contributed by atoms with Crippen molar-refractivity contribution in [2.24, 2.45) is 5.92 Å². The predicted octanol–water partition coefficient (Wildman–Crippen LogP) is 0.577. The fourth-order valence-electron chi connectivity index (χ4n) is 2.71. The lowest BCUT2D eigenvalue weighted by atomic mass is 9.85. The van der Waals surface area contributed by atoms with Crippen molar-refractivity contribution < 1.29 is 19.1 Å². The average Bonchev–Trinajstić information content (AvgIpc) is 2.39. The minimum Gasteiger partial charge on any atom is -0.469 e. The molecule has 0 radical (unpaired) electrons. The second-order valence-electron chi connectivity index (χ2n) is 4.67. The molecule has 5 nitrogen and oxygen atoms in total. The van der Waals surface area contributed by atoms with E-state index in [0.717, 1.165) is 25.7 Å². The van der Waals surface area contributed by atoms with Gasteiger partial charge in [0, 0.05) is 12.6 Å². The molecule has 1 saturated heterocycles. The van der Waals surface area contributed by atoms with E-state index in [0.29, 0.717) is 13.2 Å². The summed E-state index contributed by atoms with van der Waals surface area (Å²) < 4.78 is 9.87. The van der Waals surface area contributed by atoms with E-state index in [-0.39, 0.29) is 30.4 Å². The molecule has 0 atom stereocenters. The molecule has 5 heteroatoms. The highest BCUT2D eigenvalue weighted by Crippen LogP contribution is 2.28. The smallest absolute Gasteiger partial charge is 0.308 e. The van der Waals surface area contributed by atoms with Crippen molar-refractivity contribution in [1.82, 2.24) is 4.90 Å².